The van der Waals surface area contributed by atoms with Crippen LogP contribution >= 0.6 is 0 Å². The summed E-state index contributed by atoms with van der Waals surface area (Å²) < 4.78 is 12.0. The van der Waals surface area contributed by atoms with Crippen molar-refractivity contribution < 1.29 is 14.6 Å². The molecule has 1 N–H and O–H groups in total. The van der Waals surface area contributed by atoms with Gasteiger partial charge in [0.05, 0.1) is 25.6 Å². The summed E-state index contributed by atoms with van der Waals surface area (Å²) in [6.07, 6.45) is 4.27. The monoisotopic (exact) mass is 311 g/mol. The summed E-state index contributed by atoms with van der Waals surface area (Å²) in [6, 6.07) is 11.0. The fourth-order valence-electron chi connectivity index (χ4n) is 2.06. The first kappa shape index (κ1) is 15.0. The van der Waals surface area contributed by atoms with Gasteiger partial charge in [-0.15, -0.1) is 5.10 Å². The van der Waals surface area contributed by atoms with Crippen LogP contribution in [-0.2, 0) is 0 Å². The lowest BCUT2D eigenvalue weighted by Crippen LogP contribution is -2.02. The molecule has 0 aliphatic rings. The van der Waals surface area contributed by atoms with Crippen molar-refractivity contribution in [2.45, 2.75) is 0 Å². The number of aliphatic hydroxyl groups excluding tert-OH is 1. The third kappa shape index (κ3) is 3.29. The highest BCUT2D eigenvalue weighted by Crippen LogP contribution is 2.23. The van der Waals surface area contributed by atoms with Crippen LogP contribution in [0.4, 0.5) is 0 Å². The van der Waals surface area contributed by atoms with Gasteiger partial charge in [-0.2, -0.15) is 0 Å². The van der Waals surface area contributed by atoms with E-state index in [0.29, 0.717) is 17.5 Å². The van der Waals surface area contributed by atoms with Crippen LogP contribution in [0.15, 0.2) is 42.6 Å². The minimum absolute atomic E-state index is 0.0183. The summed E-state index contributed by atoms with van der Waals surface area (Å²) in [5, 5.41) is 12.9. The van der Waals surface area contributed by atoms with Crippen LogP contribution < -0.4 is 9.47 Å². The Morgan fingerprint density at radius 2 is 2.00 bits per heavy atom. The van der Waals surface area contributed by atoms with Gasteiger partial charge >= 0.3 is 0 Å². The standard InChI is InChI=1S/C16H15N4O3/c1-22-15-7-4-13(10-17-15)20-16(18-11-19-20)12-2-5-14(6-3-12)23-9-8-21/h2-7,10,21H,8-9H2,1H3. The molecule has 23 heavy (non-hydrogen) atoms. The summed E-state index contributed by atoms with van der Waals surface area (Å²) in [4.78, 5) is 8.35. The molecule has 0 amide bonds. The first-order valence-electron chi connectivity index (χ1n) is 6.99. The molecule has 0 aliphatic carbocycles. The maximum Gasteiger partial charge on any atom is 0.221 e. The van der Waals surface area contributed by atoms with Crippen molar-refractivity contribution >= 4 is 0 Å². The van der Waals surface area contributed by atoms with E-state index in [4.69, 9.17) is 14.6 Å². The number of pyridine rings is 1. The van der Waals surface area contributed by atoms with Crippen molar-refractivity contribution in [2.24, 2.45) is 0 Å². The van der Waals surface area contributed by atoms with Crippen LogP contribution in [0.2, 0.25) is 0 Å². The largest absolute Gasteiger partial charge is 0.491 e. The molecule has 0 bridgehead atoms. The highest BCUT2D eigenvalue weighted by molar-refractivity contribution is 5.58. The van der Waals surface area contributed by atoms with Gasteiger partial charge in [-0.05, 0) is 30.3 Å². The van der Waals surface area contributed by atoms with Crippen molar-refractivity contribution in [3.8, 4) is 28.7 Å². The minimum Gasteiger partial charge on any atom is -0.491 e. The van der Waals surface area contributed by atoms with Gasteiger partial charge in [-0.3, -0.25) is 0 Å². The average Bonchev–Trinajstić information content (AvgIpc) is 3.10. The number of benzene rings is 1. The summed E-state index contributed by atoms with van der Waals surface area (Å²) in [7, 11) is 1.57. The summed E-state index contributed by atoms with van der Waals surface area (Å²) in [6.45, 7) is 0.246. The van der Waals surface area contributed by atoms with E-state index in [1.165, 1.54) is 0 Å². The molecule has 0 saturated carbocycles. The van der Waals surface area contributed by atoms with Crippen molar-refractivity contribution in [3.63, 3.8) is 0 Å². The SMILES string of the molecule is COc1ccc(-n2n[c]nc2-c2ccc(OCCO)cc2)cn1. The Morgan fingerprint density at radius 3 is 2.65 bits per heavy atom. The number of rotatable bonds is 6. The molecule has 7 heteroatoms. The molecule has 0 aliphatic heterocycles. The molecule has 0 fully saturated rings. The minimum atomic E-state index is -0.0183. The molecule has 2 heterocycles. The molecule has 0 atom stereocenters. The third-order valence-electron chi connectivity index (χ3n) is 3.15. The molecule has 0 saturated heterocycles. The van der Waals surface area contributed by atoms with Crippen molar-refractivity contribution in [1.82, 2.24) is 19.7 Å². The van der Waals surface area contributed by atoms with Crippen molar-refractivity contribution in [3.05, 3.63) is 48.9 Å². The lowest BCUT2D eigenvalue weighted by Gasteiger charge is -2.08. The first-order chi connectivity index (χ1) is 11.3. The molecule has 1 radical (unpaired) electrons. The molecule has 0 unspecified atom stereocenters. The van der Waals surface area contributed by atoms with E-state index in [0.717, 1.165) is 11.3 Å². The van der Waals surface area contributed by atoms with Crippen molar-refractivity contribution in [2.75, 3.05) is 20.3 Å². The second-order valence-electron chi connectivity index (χ2n) is 4.60. The fourth-order valence-corrected chi connectivity index (χ4v) is 2.06. The zero-order chi connectivity index (χ0) is 16.1. The Labute approximate surface area is 133 Å². The predicted molar refractivity (Wildman–Crippen MR) is 82.6 cm³/mol. The number of aromatic nitrogens is 4. The molecule has 3 rings (SSSR count). The molecule has 0 spiro atoms. The van der Waals surface area contributed by atoms with E-state index < -0.39 is 0 Å². The van der Waals surface area contributed by atoms with Gasteiger partial charge in [0, 0.05) is 11.6 Å². The fraction of sp³-hybridized carbons (Fsp3) is 0.188. The van der Waals surface area contributed by atoms with Crippen LogP contribution in [0, 0.1) is 6.33 Å². The lowest BCUT2D eigenvalue weighted by molar-refractivity contribution is 0.201. The van der Waals surface area contributed by atoms with E-state index in [-0.39, 0.29) is 13.2 Å². The predicted octanol–water partition coefficient (Wildman–Crippen LogP) is 1.51. The van der Waals surface area contributed by atoms with Crippen molar-refractivity contribution in [1.29, 1.82) is 0 Å². The number of nitrogens with zero attached hydrogens (tertiary/aromatic N) is 4. The van der Waals surface area contributed by atoms with E-state index in [1.807, 2.05) is 30.3 Å². The normalized spacial score (nSPS) is 10.5. The van der Waals surface area contributed by atoms with E-state index in [9.17, 15) is 0 Å². The smallest absolute Gasteiger partial charge is 0.221 e. The molecule has 7 nitrogen and oxygen atoms in total. The second-order valence-corrected chi connectivity index (χ2v) is 4.60. The van der Waals surface area contributed by atoms with Gasteiger partial charge in [0.15, 0.2) is 5.82 Å². The van der Waals surface area contributed by atoms with Crippen LogP contribution in [0.1, 0.15) is 0 Å². The van der Waals surface area contributed by atoms with E-state index in [2.05, 4.69) is 21.4 Å². The Balaban J connectivity index is 1.87. The van der Waals surface area contributed by atoms with Crippen LogP contribution in [0.25, 0.3) is 17.1 Å². The molecule has 3 aromatic rings. The molecular weight excluding hydrogens is 296 g/mol. The molecular formula is C16H15N4O3. The second kappa shape index (κ2) is 6.89. The van der Waals surface area contributed by atoms with E-state index in [1.54, 1.807) is 24.1 Å². The van der Waals surface area contributed by atoms with Gasteiger partial charge < -0.3 is 14.6 Å². The first-order valence-corrected chi connectivity index (χ1v) is 6.99. The van der Waals surface area contributed by atoms with Gasteiger partial charge in [0.25, 0.3) is 0 Å². The maximum absolute atomic E-state index is 8.77. The Bertz CT molecular complexity index is 754. The number of hydrogen-bond donors (Lipinski definition) is 1. The Morgan fingerprint density at radius 1 is 1.17 bits per heavy atom. The zero-order valence-electron chi connectivity index (χ0n) is 12.5. The van der Waals surface area contributed by atoms with Gasteiger partial charge in [-0.25, -0.2) is 14.6 Å². The zero-order valence-corrected chi connectivity index (χ0v) is 12.5. The van der Waals surface area contributed by atoms with Gasteiger partial charge in [-0.1, -0.05) is 0 Å². The summed E-state index contributed by atoms with van der Waals surface area (Å²) >= 11 is 0. The number of hydrogen-bond acceptors (Lipinski definition) is 6. The van der Waals surface area contributed by atoms with Crippen LogP contribution in [0.5, 0.6) is 11.6 Å². The number of methoxy groups -OCH3 is 1. The quantitative estimate of drug-likeness (QED) is 0.743. The molecule has 1 aromatic carbocycles. The third-order valence-corrected chi connectivity index (χ3v) is 3.15. The summed E-state index contributed by atoms with van der Waals surface area (Å²) in [5.41, 5.74) is 1.63. The Kier molecular flexibility index (Phi) is 4.49. The molecule has 117 valence electrons. The maximum atomic E-state index is 8.77. The number of aliphatic hydroxyl groups is 1. The number of ether oxygens (including phenoxy) is 2. The lowest BCUT2D eigenvalue weighted by atomic mass is 10.2. The average molecular weight is 311 g/mol. The van der Waals surface area contributed by atoms with E-state index >= 15 is 0 Å². The van der Waals surface area contributed by atoms with Gasteiger partial charge in [0.1, 0.15) is 12.4 Å². The highest BCUT2D eigenvalue weighted by atomic mass is 16.5. The topological polar surface area (TPSA) is 82.3 Å². The summed E-state index contributed by atoms with van der Waals surface area (Å²) in [5.74, 6) is 1.86. The highest BCUT2D eigenvalue weighted by Gasteiger charge is 2.10. The van der Waals surface area contributed by atoms with Crippen LogP contribution in [-0.4, -0.2) is 45.2 Å². The van der Waals surface area contributed by atoms with Gasteiger partial charge in [0.2, 0.25) is 12.2 Å². The van der Waals surface area contributed by atoms with Crippen LogP contribution in [0.3, 0.4) is 0 Å². The Hall–Kier alpha value is -2.93. The molecule has 2 aromatic heterocycles.